The zero-order valence-corrected chi connectivity index (χ0v) is 42.0. The first-order chi connectivity index (χ1) is 31.2. The lowest BCUT2D eigenvalue weighted by Gasteiger charge is -2.20. The van der Waals surface area contributed by atoms with E-state index in [1.54, 1.807) is 0 Å². The second-order valence-electron chi connectivity index (χ2n) is 17.6. The number of nitrogens with two attached hydrogens (primary N) is 1. The monoisotopic (exact) mass is 924 g/mol. The molecular formula is C53H98NO9P. The van der Waals surface area contributed by atoms with Crippen molar-refractivity contribution in [1.82, 2.24) is 0 Å². The Morgan fingerprint density at radius 3 is 1.36 bits per heavy atom. The normalized spacial score (nSPS) is 14.1. The number of phosphoric ester groups is 1. The number of phosphoric acid groups is 1. The lowest BCUT2D eigenvalue weighted by atomic mass is 10.0. The van der Waals surface area contributed by atoms with Crippen molar-refractivity contribution in [2.75, 3.05) is 26.4 Å². The first-order valence-electron chi connectivity index (χ1n) is 26.2. The Morgan fingerprint density at radius 2 is 0.906 bits per heavy atom. The number of allylic oxidation sites excluding steroid dienone is 8. The molecule has 0 amide bonds. The van der Waals surface area contributed by atoms with Crippen molar-refractivity contribution >= 4 is 19.8 Å². The molecule has 11 heteroatoms. The number of carbonyl (C=O) groups is 2. The van der Waals surface area contributed by atoms with Crippen LogP contribution in [0.3, 0.4) is 0 Å². The third-order valence-corrected chi connectivity index (χ3v) is 12.3. The summed E-state index contributed by atoms with van der Waals surface area (Å²) in [6.45, 7) is 3.78. The molecule has 3 unspecified atom stereocenters. The molecule has 3 atom stereocenters. The van der Waals surface area contributed by atoms with Gasteiger partial charge < -0.3 is 25.2 Å². The topological polar surface area (TPSA) is 155 Å². The zero-order valence-electron chi connectivity index (χ0n) is 41.1. The number of unbranched alkanes of at least 4 members (excludes halogenated alkanes) is 28. The second kappa shape index (κ2) is 48.9. The van der Waals surface area contributed by atoms with Crippen LogP contribution >= 0.6 is 7.82 Å². The Bertz CT molecular complexity index is 1210. The maximum atomic E-state index is 12.7. The van der Waals surface area contributed by atoms with Crippen LogP contribution in [0.4, 0.5) is 0 Å². The maximum absolute atomic E-state index is 12.7. The Kier molecular flexibility index (Phi) is 47.3. The average molecular weight is 924 g/mol. The number of rotatable bonds is 50. The van der Waals surface area contributed by atoms with Crippen molar-refractivity contribution in [2.45, 2.75) is 251 Å². The smallest absolute Gasteiger partial charge is 0.472 e. The van der Waals surface area contributed by atoms with Crippen LogP contribution in [0.5, 0.6) is 0 Å². The van der Waals surface area contributed by atoms with Crippen LogP contribution in [0.25, 0.3) is 0 Å². The minimum Gasteiger partial charge on any atom is -0.480 e. The van der Waals surface area contributed by atoms with Gasteiger partial charge in [-0.15, -0.1) is 0 Å². The van der Waals surface area contributed by atoms with Crippen molar-refractivity contribution in [1.29, 1.82) is 0 Å². The van der Waals surface area contributed by atoms with Crippen LogP contribution in [-0.4, -0.2) is 60.5 Å². The minimum atomic E-state index is -4.63. The molecule has 374 valence electrons. The largest absolute Gasteiger partial charge is 0.480 e. The summed E-state index contributed by atoms with van der Waals surface area (Å²) in [7, 11) is -4.63. The number of ether oxygens (including phenoxy) is 2. The Morgan fingerprint density at radius 1 is 0.516 bits per heavy atom. The van der Waals surface area contributed by atoms with Gasteiger partial charge in [0.1, 0.15) is 12.1 Å². The van der Waals surface area contributed by atoms with Crippen molar-refractivity contribution in [3.63, 3.8) is 0 Å². The van der Waals surface area contributed by atoms with E-state index in [9.17, 15) is 19.0 Å². The maximum Gasteiger partial charge on any atom is 0.472 e. The van der Waals surface area contributed by atoms with E-state index in [-0.39, 0.29) is 13.0 Å². The summed E-state index contributed by atoms with van der Waals surface area (Å²) >= 11 is 0. The molecule has 0 aromatic carbocycles. The van der Waals surface area contributed by atoms with Gasteiger partial charge in [-0.3, -0.25) is 18.6 Å². The number of carboxylic acid groups (broad SMARTS) is 1. The number of carboxylic acids is 1. The first kappa shape index (κ1) is 61.9. The third-order valence-electron chi connectivity index (χ3n) is 11.4. The molecule has 10 nitrogen and oxygen atoms in total. The zero-order chi connectivity index (χ0) is 46.9. The molecule has 0 aromatic heterocycles. The highest BCUT2D eigenvalue weighted by molar-refractivity contribution is 7.47. The molecule has 0 rings (SSSR count). The molecule has 64 heavy (non-hydrogen) atoms. The molecule has 0 radical (unpaired) electrons. The van der Waals surface area contributed by atoms with Gasteiger partial charge in [0.2, 0.25) is 0 Å². The van der Waals surface area contributed by atoms with Gasteiger partial charge >= 0.3 is 19.8 Å². The molecule has 0 bridgehead atoms. The van der Waals surface area contributed by atoms with Crippen LogP contribution in [0.2, 0.25) is 0 Å². The predicted molar refractivity (Wildman–Crippen MR) is 268 cm³/mol. The van der Waals surface area contributed by atoms with E-state index in [1.807, 2.05) is 0 Å². The predicted octanol–water partition coefficient (Wildman–Crippen LogP) is 15.4. The van der Waals surface area contributed by atoms with Crippen molar-refractivity contribution < 1.29 is 42.7 Å². The molecule has 0 aliphatic rings. The van der Waals surface area contributed by atoms with Crippen LogP contribution in [-0.2, 0) is 32.7 Å². The van der Waals surface area contributed by atoms with Crippen molar-refractivity contribution in [3.8, 4) is 0 Å². The van der Waals surface area contributed by atoms with E-state index in [4.69, 9.17) is 29.4 Å². The Hall–Kier alpha value is -2.07. The fourth-order valence-electron chi connectivity index (χ4n) is 7.36. The summed E-state index contributed by atoms with van der Waals surface area (Å²) in [5, 5.41) is 8.93. The lowest BCUT2D eigenvalue weighted by Crippen LogP contribution is -2.34. The molecule has 0 saturated heterocycles. The van der Waals surface area contributed by atoms with Gasteiger partial charge in [0.15, 0.2) is 0 Å². The summed E-state index contributed by atoms with van der Waals surface area (Å²) < 4.78 is 33.5. The molecule has 0 aliphatic carbocycles. The van der Waals surface area contributed by atoms with E-state index in [0.29, 0.717) is 13.0 Å². The molecule has 0 heterocycles. The number of aliphatic carboxylic acids is 1. The van der Waals surface area contributed by atoms with Gasteiger partial charge in [-0.05, 0) is 51.4 Å². The van der Waals surface area contributed by atoms with Crippen LogP contribution in [0.15, 0.2) is 48.6 Å². The first-order valence-corrected chi connectivity index (χ1v) is 27.7. The highest BCUT2D eigenvalue weighted by atomic mass is 31.2. The van der Waals surface area contributed by atoms with Crippen molar-refractivity contribution in [2.24, 2.45) is 5.73 Å². The Labute approximate surface area is 392 Å². The second-order valence-corrected chi connectivity index (χ2v) is 19.1. The van der Waals surface area contributed by atoms with Crippen LogP contribution in [0.1, 0.15) is 239 Å². The van der Waals surface area contributed by atoms with Gasteiger partial charge in [0, 0.05) is 13.0 Å². The summed E-state index contributed by atoms with van der Waals surface area (Å²) in [5.74, 6) is -1.78. The quantitative estimate of drug-likeness (QED) is 0.0232. The van der Waals surface area contributed by atoms with E-state index in [0.717, 1.165) is 64.2 Å². The fourth-order valence-corrected chi connectivity index (χ4v) is 8.14. The van der Waals surface area contributed by atoms with Crippen molar-refractivity contribution in [3.05, 3.63) is 48.6 Å². The van der Waals surface area contributed by atoms with Gasteiger partial charge in [-0.25, -0.2) is 4.57 Å². The highest BCUT2D eigenvalue weighted by Gasteiger charge is 2.27. The number of hydrogen-bond acceptors (Lipinski definition) is 8. The SMILES string of the molecule is CC/C=C\C/C=C\C/C=C\C/C=C\CCCCCCCCCOCC(COP(=O)(O)OCC(N)C(=O)O)OC(=O)CCCCCCCCCCCCCCCCCCCCCCCC. The number of hydrogen-bond donors (Lipinski definition) is 3. The lowest BCUT2D eigenvalue weighted by molar-refractivity contribution is -0.154. The summed E-state index contributed by atoms with van der Waals surface area (Å²) in [6, 6.07) is -1.48. The number of carbonyl (C=O) groups excluding carboxylic acids is 1. The number of esters is 1. The molecule has 0 aliphatic heterocycles. The molecule has 4 N–H and O–H groups in total. The van der Waals surface area contributed by atoms with Crippen LogP contribution < -0.4 is 5.73 Å². The van der Waals surface area contributed by atoms with Gasteiger partial charge in [-0.2, -0.15) is 0 Å². The van der Waals surface area contributed by atoms with Gasteiger partial charge in [0.25, 0.3) is 0 Å². The standard InChI is InChI=1S/C53H98NO9P/c1-3-5-7-9-11-13-15-17-19-21-23-25-26-27-29-31-33-35-37-39-41-43-45-52(55)63-50(48-61-64(58,59)62-49-51(54)53(56)57)47-60-46-44-42-40-38-36-34-32-30-28-24-22-20-18-16-14-12-10-8-6-4-2/h6,8,12,14,18,20,24,28,50-51H,3-5,7,9-11,13,15-17,19,21-23,25-27,29-49,54H2,1-2H3,(H,56,57)(H,58,59)/b8-6-,14-12-,20-18-,28-24-. The van der Waals surface area contributed by atoms with E-state index in [1.165, 1.54) is 148 Å². The average Bonchev–Trinajstić information content (AvgIpc) is 3.28. The minimum absolute atomic E-state index is 0.0109. The van der Waals surface area contributed by atoms with Gasteiger partial charge in [-0.1, -0.05) is 229 Å². The molecule has 0 saturated carbocycles. The summed E-state index contributed by atoms with van der Waals surface area (Å²) in [5.41, 5.74) is 5.38. The van der Waals surface area contributed by atoms with E-state index < -0.39 is 45.1 Å². The molecular weight excluding hydrogens is 826 g/mol. The summed E-state index contributed by atoms with van der Waals surface area (Å²) in [6.07, 6.45) is 58.8. The third kappa shape index (κ3) is 47.9. The van der Waals surface area contributed by atoms with E-state index >= 15 is 0 Å². The molecule has 0 spiro atoms. The van der Waals surface area contributed by atoms with E-state index in [2.05, 4.69) is 62.5 Å². The summed E-state index contributed by atoms with van der Waals surface area (Å²) in [4.78, 5) is 33.7. The Balaban J connectivity index is 4.12. The highest BCUT2D eigenvalue weighted by Crippen LogP contribution is 2.43. The molecule has 0 fully saturated rings. The fraction of sp³-hybridized carbons (Fsp3) is 0.811. The van der Waals surface area contributed by atoms with Gasteiger partial charge in [0.05, 0.1) is 19.8 Å². The van der Waals surface area contributed by atoms with Crippen LogP contribution in [0, 0.1) is 0 Å². The molecule has 0 aromatic rings.